The first-order valence-electron chi connectivity index (χ1n) is 7.90. The van der Waals surface area contributed by atoms with Crippen molar-refractivity contribution in [3.05, 3.63) is 62.2 Å². The lowest BCUT2D eigenvalue weighted by Gasteiger charge is -2.04. The van der Waals surface area contributed by atoms with Gasteiger partial charge in [-0.15, -0.1) is 10.2 Å². The Morgan fingerprint density at radius 3 is 2.59 bits per heavy atom. The van der Waals surface area contributed by atoms with E-state index in [-0.39, 0.29) is 5.69 Å². The first kappa shape index (κ1) is 19.1. The van der Waals surface area contributed by atoms with E-state index in [0.29, 0.717) is 33.3 Å². The maximum atomic E-state index is 11.1. The van der Waals surface area contributed by atoms with Crippen LogP contribution in [0.15, 0.2) is 34.5 Å². The van der Waals surface area contributed by atoms with E-state index in [9.17, 15) is 10.1 Å². The molecular weight excluding hydrogens is 390 g/mol. The van der Waals surface area contributed by atoms with Crippen molar-refractivity contribution in [2.24, 2.45) is 5.10 Å². The summed E-state index contributed by atoms with van der Waals surface area (Å²) in [7, 11) is 0. The van der Waals surface area contributed by atoms with Crippen LogP contribution in [0.3, 0.4) is 0 Å². The summed E-state index contributed by atoms with van der Waals surface area (Å²) < 4.78 is 3.19. The van der Waals surface area contributed by atoms with Crippen molar-refractivity contribution in [2.75, 3.05) is 0 Å². The summed E-state index contributed by atoms with van der Waals surface area (Å²) in [4.78, 5) is 10.7. The highest BCUT2D eigenvalue weighted by Gasteiger charge is 2.22. The first-order chi connectivity index (χ1) is 12.9. The second kappa shape index (κ2) is 7.89. The molecule has 0 fully saturated rings. The third-order valence-corrected chi connectivity index (χ3v) is 4.94. The molecule has 0 N–H and O–H groups in total. The Kier molecular flexibility index (Phi) is 5.57. The van der Waals surface area contributed by atoms with Gasteiger partial charge in [-0.25, -0.2) is 0 Å². The van der Waals surface area contributed by atoms with Crippen LogP contribution in [-0.2, 0) is 5.88 Å². The summed E-state index contributed by atoms with van der Waals surface area (Å²) in [6.07, 6.45) is 1.69. The number of thioether (sulfide) groups is 1. The molecule has 1 aromatic carbocycles. The van der Waals surface area contributed by atoms with Crippen LogP contribution in [0.2, 0.25) is 5.02 Å². The minimum atomic E-state index is -0.415. The van der Waals surface area contributed by atoms with Crippen molar-refractivity contribution in [3.63, 3.8) is 0 Å². The number of rotatable bonds is 6. The normalized spacial score (nSPS) is 11.4. The highest BCUT2D eigenvalue weighted by atomic mass is 35.5. The molecular formula is C16H16ClN7O2S. The van der Waals surface area contributed by atoms with Crippen LogP contribution in [-0.4, -0.2) is 35.8 Å². The SMILES string of the molecule is Cc1nn(CSc2nnc(C)n2/N=C\c2ccc(Cl)cc2)c(C)c1[N+](=O)[O-]. The molecule has 9 nitrogen and oxygen atoms in total. The quantitative estimate of drug-likeness (QED) is 0.268. The molecule has 11 heteroatoms. The lowest BCUT2D eigenvalue weighted by molar-refractivity contribution is -0.386. The Morgan fingerprint density at radius 2 is 1.96 bits per heavy atom. The number of hydrogen-bond acceptors (Lipinski definition) is 7. The van der Waals surface area contributed by atoms with E-state index in [1.54, 1.807) is 48.5 Å². The van der Waals surface area contributed by atoms with E-state index < -0.39 is 4.92 Å². The van der Waals surface area contributed by atoms with Gasteiger partial charge in [0.1, 0.15) is 11.4 Å². The van der Waals surface area contributed by atoms with Crippen molar-refractivity contribution >= 4 is 35.3 Å². The summed E-state index contributed by atoms with van der Waals surface area (Å²) in [6.45, 7) is 5.09. The number of nitrogens with zero attached hydrogens (tertiary/aromatic N) is 7. The fourth-order valence-electron chi connectivity index (χ4n) is 2.43. The molecule has 0 atom stereocenters. The van der Waals surface area contributed by atoms with E-state index in [0.717, 1.165) is 5.56 Å². The lowest BCUT2D eigenvalue weighted by Crippen LogP contribution is -2.02. The van der Waals surface area contributed by atoms with Gasteiger partial charge < -0.3 is 0 Å². The minimum absolute atomic E-state index is 0.0361. The molecule has 0 aliphatic heterocycles. The zero-order valence-electron chi connectivity index (χ0n) is 14.8. The maximum Gasteiger partial charge on any atom is 0.312 e. The van der Waals surface area contributed by atoms with Gasteiger partial charge in [-0.3, -0.25) is 14.8 Å². The number of aryl methyl sites for hydroxylation is 2. The van der Waals surface area contributed by atoms with E-state index in [1.807, 2.05) is 12.1 Å². The van der Waals surface area contributed by atoms with Gasteiger partial charge in [-0.05, 0) is 38.5 Å². The highest BCUT2D eigenvalue weighted by molar-refractivity contribution is 7.98. The average Bonchev–Trinajstić information content (AvgIpc) is 3.11. The van der Waals surface area contributed by atoms with Crippen molar-refractivity contribution in [3.8, 4) is 0 Å². The standard InChI is InChI=1S/C16H16ClN7O2S/c1-10-15(24(25)26)11(2)22(21-10)9-27-16-20-19-12(3)23(16)18-8-13-4-6-14(17)7-5-13/h4-8H,9H2,1-3H3/b18-8-. The predicted octanol–water partition coefficient (Wildman–Crippen LogP) is 3.59. The maximum absolute atomic E-state index is 11.1. The zero-order chi connectivity index (χ0) is 19.6. The van der Waals surface area contributed by atoms with Crippen LogP contribution >= 0.6 is 23.4 Å². The molecule has 3 aromatic rings. The molecule has 0 aliphatic rings. The van der Waals surface area contributed by atoms with Gasteiger partial charge >= 0.3 is 5.69 Å². The van der Waals surface area contributed by atoms with E-state index >= 15 is 0 Å². The van der Waals surface area contributed by atoms with Gasteiger partial charge in [0.2, 0.25) is 5.16 Å². The smallest absolute Gasteiger partial charge is 0.258 e. The fourth-order valence-corrected chi connectivity index (χ4v) is 3.45. The lowest BCUT2D eigenvalue weighted by atomic mass is 10.2. The Hall–Kier alpha value is -2.72. The largest absolute Gasteiger partial charge is 0.312 e. The topological polar surface area (TPSA) is 104 Å². The third kappa shape index (κ3) is 4.17. The predicted molar refractivity (Wildman–Crippen MR) is 103 cm³/mol. The summed E-state index contributed by atoms with van der Waals surface area (Å²) in [5, 5.41) is 29.2. The summed E-state index contributed by atoms with van der Waals surface area (Å²) in [5.41, 5.74) is 1.81. The minimum Gasteiger partial charge on any atom is -0.258 e. The molecule has 0 unspecified atom stereocenters. The van der Waals surface area contributed by atoms with Crippen LogP contribution < -0.4 is 0 Å². The molecule has 0 aliphatic carbocycles. The van der Waals surface area contributed by atoms with E-state index in [4.69, 9.17) is 11.6 Å². The highest BCUT2D eigenvalue weighted by Crippen LogP contribution is 2.25. The summed E-state index contributed by atoms with van der Waals surface area (Å²) >= 11 is 7.22. The number of halogens is 1. The third-order valence-electron chi connectivity index (χ3n) is 3.80. The molecule has 0 saturated heterocycles. The van der Waals surface area contributed by atoms with Crippen LogP contribution in [0.1, 0.15) is 22.8 Å². The molecule has 27 heavy (non-hydrogen) atoms. The molecule has 140 valence electrons. The van der Waals surface area contributed by atoms with Crippen molar-refractivity contribution in [1.29, 1.82) is 0 Å². The van der Waals surface area contributed by atoms with E-state index in [2.05, 4.69) is 20.4 Å². The molecule has 3 rings (SSSR count). The molecule has 0 bridgehead atoms. The fraction of sp³-hybridized carbons (Fsp3) is 0.250. The summed E-state index contributed by atoms with van der Waals surface area (Å²) in [6, 6.07) is 7.28. The average molecular weight is 406 g/mol. The van der Waals surface area contributed by atoms with Gasteiger partial charge in [0.15, 0.2) is 5.82 Å². The number of nitro groups is 1. The van der Waals surface area contributed by atoms with Crippen molar-refractivity contribution < 1.29 is 4.92 Å². The van der Waals surface area contributed by atoms with Crippen LogP contribution in [0.25, 0.3) is 0 Å². The van der Waals surface area contributed by atoms with E-state index in [1.165, 1.54) is 11.8 Å². The van der Waals surface area contributed by atoms with Gasteiger partial charge in [0.05, 0.1) is 17.0 Å². The van der Waals surface area contributed by atoms with Crippen LogP contribution in [0.4, 0.5) is 5.69 Å². The number of benzene rings is 1. The Balaban J connectivity index is 1.78. The van der Waals surface area contributed by atoms with Gasteiger partial charge in [-0.1, -0.05) is 35.5 Å². The molecule has 0 radical (unpaired) electrons. The molecule has 0 spiro atoms. The molecule has 2 heterocycles. The molecule has 2 aromatic heterocycles. The molecule has 0 saturated carbocycles. The van der Waals surface area contributed by atoms with Gasteiger partial charge in [0, 0.05) is 5.02 Å². The van der Waals surface area contributed by atoms with Crippen LogP contribution in [0, 0.1) is 30.9 Å². The number of aromatic nitrogens is 5. The molecule has 0 amide bonds. The number of hydrogen-bond donors (Lipinski definition) is 0. The van der Waals surface area contributed by atoms with Crippen molar-refractivity contribution in [2.45, 2.75) is 31.8 Å². The van der Waals surface area contributed by atoms with Gasteiger partial charge in [-0.2, -0.15) is 14.9 Å². The van der Waals surface area contributed by atoms with Crippen molar-refractivity contribution in [1.82, 2.24) is 24.7 Å². The Labute approximate surface area is 164 Å². The Bertz CT molecular complexity index is 1010. The zero-order valence-corrected chi connectivity index (χ0v) is 16.4. The van der Waals surface area contributed by atoms with Crippen LogP contribution in [0.5, 0.6) is 0 Å². The second-order valence-electron chi connectivity index (χ2n) is 5.69. The first-order valence-corrected chi connectivity index (χ1v) is 9.26. The summed E-state index contributed by atoms with van der Waals surface area (Å²) in [5.74, 6) is 0.983. The second-order valence-corrected chi connectivity index (χ2v) is 7.04. The Morgan fingerprint density at radius 1 is 1.26 bits per heavy atom. The van der Waals surface area contributed by atoms with Gasteiger partial charge in [0.25, 0.3) is 0 Å². The monoisotopic (exact) mass is 405 g/mol.